The Morgan fingerprint density at radius 3 is 3.00 bits per heavy atom. The zero-order chi connectivity index (χ0) is 10.8. The number of nitrogens with zero attached hydrogens (tertiary/aromatic N) is 1. The Morgan fingerprint density at radius 2 is 2.33 bits per heavy atom. The lowest BCUT2D eigenvalue weighted by Crippen LogP contribution is -1.91. The molecule has 1 aromatic carbocycles. The molecule has 0 unspecified atom stereocenters. The van der Waals surface area contributed by atoms with Gasteiger partial charge in [-0.1, -0.05) is 17.3 Å². The van der Waals surface area contributed by atoms with E-state index in [9.17, 15) is 0 Å². The highest BCUT2D eigenvalue weighted by Crippen LogP contribution is 2.31. The zero-order valence-electron chi connectivity index (χ0n) is 8.91. The maximum absolute atomic E-state index is 5.34. The fraction of sp³-hybridized carbons (Fsp3) is 0.250. The maximum Gasteiger partial charge on any atom is 0.209 e. The molecule has 2 rings (SSSR count). The summed E-state index contributed by atoms with van der Waals surface area (Å²) in [7, 11) is 1.64. The van der Waals surface area contributed by atoms with E-state index < -0.39 is 0 Å². The van der Waals surface area contributed by atoms with Crippen molar-refractivity contribution < 1.29 is 9.26 Å². The van der Waals surface area contributed by atoms with Crippen molar-refractivity contribution in [2.45, 2.75) is 13.3 Å². The molecule has 1 heterocycles. The molecule has 0 saturated carbocycles. The number of hydrogen-bond donors (Lipinski definition) is 0. The summed E-state index contributed by atoms with van der Waals surface area (Å²) in [6.07, 6.45) is 2.60. The van der Waals surface area contributed by atoms with E-state index in [2.05, 4.69) is 11.7 Å². The normalized spacial score (nSPS) is 10.5. The van der Waals surface area contributed by atoms with E-state index in [0.717, 1.165) is 28.8 Å². The minimum Gasteiger partial charge on any atom is -0.492 e. The predicted octanol–water partition coefficient (Wildman–Crippen LogP) is 2.87. The van der Waals surface area contributed by atoms with Gasteiger partial charge in [-0.25, -0.2) is 0 Å². The Kier molecular flexibility index (Phi) is 2.46. The first-order valence-corrected chi connectivity index (χ1v) is 4.80. The first kappa shape index (κ1) is 9.77. The van der Waals surface area contributed by atoms with Crippen LogP contribution >= 0.6 is 0 Å². The number of rotatable bonds is 3. The van der Waals surface area contributed by atoms with Gasteiger partial charge < -0.3 is 9.26 Å². The molecule has 1 aromatic heterocycles. The van der Waals surface area contributed by atoms with Crippen molar-refractivity contribution in [1.82, 2.24) is 5.16 Å². The summed E-state index contributed by atoms with van der Waals surface area (Å²) in [6.45, 7) is 5.63. The van der Waals surface area contributed by atoms with Crippen LogP contribution in [0.3, 0.4) is 0 Å². The first-order valence-electron chi connectivity index (χ1n) is 4.80. The lowest BCUT2D eigenvalue weighted by molar-refractivity contribution is 0.388. The van der Waals surface area contributed by atoms with Crippen LogP contribution in [0.15, 0.2) is 29.3 Å². The lowest BCUT2D eigenvalue weighted by Gasteiger charge is -2.05. The number of aromatic nitrogens is 1. The standard InChI is InChI=1S/C12H13NO2/c1-4-5-9-6-7-10-8(2)13-15-12(10)11(9)14-3/h4,6-7H,1,5H2,2-3H3. The van der Waals surface area contributed by atoms with Gasteiger partial charge in [0, 0.05) is 10.9 Å². The second kappa shape index (κ2) is 3.77. The average molecular weight is 203 g/mol. The molecule has 15 heavy (non-hydrogen) atoms. The number of aryl methyl sites for hydroxylation is 1. The van der Waals surface area contributed by atoms with E-state index in [1.165, 1.54) is 0 Å². The fourth-order valence-corrected chi connectivity index (χ4v) is 1.68. The monoisotopic (exact) mass is 203 g/mol. The highest BCUT2D eigenvalue weighted by atomic mass is 16.5. The molecule has 0 atom stereocenters. The lowest BCUT2D eigenvalue weighted by atomic mass is 10.1. The number of fused-ring (bicyclic) bond motifs is 1. The van der Waals surface area contributed by atoms with Crippen LogP contribution in [0.4, 0.5) is 0 Å². The van der Waals surface area contributed by atoms with Gasteiger partial charge in [-0.05, 0) is 19.4 Å². The highest BCUT2D eigenvalue weighted by molar-refractivity contribution is 5.86. The molecular formula is C12H13NO2. The molecule has 78 valence electrons. The van der Waals surface area contributed by atoms with Crippen LogP contribution in [0.1, 0.15) is 11.3 Å². The number of allylic oxidation sites excluding steroid dienone is 1. The molecule has 0 N–H and O–H groups in total. The molecule has 3 nitrogen and oxygen atoms in total. The summed E-state index contributed by atoms with van der Waals surface area (Å²) in [4.78, 5) is 0. The van der Waals surface area contributed by atoms with Crippen LogP contribution in [-0.4, -0.2) is 12.3 Å². The van der Waals surface area contributed by atoms with Gasteiger partial charge in [-0.15, -0.1) is 6.58 Å². The molecule has 0 aliphatic heterocycles. The average Bonchev–Trinajstić information content (AvgIpc) is 2.61. The van der Waals surface area contributed by atoms with Crippen LogP contribution in [-0.2, 0) is 6.42 Å². The third kappa shape index (κ3) is 1.50. The van der Waals surface area contributed by atoms with Gasteiger partial charge in [-0.3, -0.25) is 0 Å². The number of benzene rings is 1. The van der Waals surface area contributed by atoms with Gasteiger partial charge in [0.25, 0.3) is 0 Å². The van der Waals surface area contributed by atoms with Gasteiger partial charge in [-0.2, -0.15) is 0 Å². The Bertz CT molecular complexity index is 500. The molecule has 0 spiro atoms. The predicted molar refractivity (Wildman–Crippen MR) is 59.2 cm³/mol. The summed E-state index contributed by atoms with van der Waals surface area (Å²) in [5, 5.41) is 4.92. The molecule has 0 saturated heterocycles. The van der Waals surface area contributed by atoms with E-state index in [-0.39, 0.29) is 0 Å². The van der Waals surface area contributed by atoms with Gasteiger partial charge >= 0.3 is 0 Å². The van der Waals surface area contributed by atoms with E-state index in [1.807, 2.05) is 25.1 Å². The van der Waals surface area contributed by atoms with E-state index in [4.69, 9.17) is 9.26 Å². The number of hydrogen-bond acceptors (Lipinski definition) is 3. The molecule has 3 heteroatoms. The van der Waals surface area contributed by atoms with Gasteiger partial charge in [0.15, 0.2) is 5.75 Å². The smallest absolute Gasteiger partial charge is 0.209 e. The Labute approximate surface area is 88.3 Å². The van der Waals surface area contributed by atoms with E-state index in [1.54, 1.807) is 7.11 Å². The molecule has 0 aliphatic rings. The molecular weight excluding hydrogens is 190 g/mol. The third-order valence-electron chi connectivity index (χ3n) is 2.43. The maximum atomic E-state index is 5.34. The summed E-state index contributed by atoms with van der Waals surface area (Å²) in [6, 6.07) is 4.02. The number of methoxy groups -OCH3 is 1. The van der Waals surface area contributed by atoms with Crippen molar-refractivity contribution in [3.8, 4) is 5.75 Å². The van der Waals surface area contributed by atoms with Crippen molar-refractivity contribution in [3.05, 3.63) is 36.0 Å². The van der Waals surface area contributed by atoms with Gasteiger partial charge in [0.2, 0.25) is 5.58 Å². The fourth-order valence-electron chi connectivity index (χ4n) is 1.68. The summed E-state index contributed by atoms with van der Waals surface area (Å²) >= 11 is 0. The molecule has 0 amide bonds. The van der Waals surface area contributed by atoms with Crippen LogP contribution < -0.4 is 4.74 Å². The topological polar surface area (TPSA) is 35.3 Å². The Hall–Kier alpha value is -1.77. The number of ether oxygens (including phenoxy) is 1. The zero-order valence-corrected chi connectivity index (χ0v) is 8.91. The molecule has 0 fully saturated rings. The first-order chi connectivity index (χ1) is 7.27. The van der Waals surface area contributed by atoms with Crippen molar-refractivity contribution >= 4 is 11.0 Å². The molecule has 0 radical (unpaired) electrons. The van der Waals surface area contributed by atoms with Crippen molar-refractivity contribution in [3.63, 3.8) is 0 Å². The van der Waals surface area contributed by atoms with Crippen molar-refractivity contribution in [2.24, 2.45) is 0 Å². The molecule has 0 bridgehead atoms. The summed E-state index contributed by atoms with van der Waals surface area (Å²) < 4.78 is 10.6. The minimum atomic E-state index is 0.717. The molecule has 0 aliphatic carbocycles. The van der Waals surface area contributed by atoms with Gasteiger partial charge in [0.1, 0.15) is 0 Å². The Balaban J connectivity index is 2.70. The highest BCUT2D eigenvalue weighted by Gasteiger charge is 2.13. The minimum absolute atomic E-state index is 0.717. The Morgan fingerprint density at radius 1 is 1.53 bits per heavy atom. The van der Waals surface area contributed by atoms with Crippen LogP contribution in [0.2, 0.25) is 0 Å². The second-order valence-electron chi connectivity index (χ2n) is 3.40. The SMILES string of the molecule is C=CCc1ccc2c(C)noc2c1OC. The van der Waals surface area contributed by atoms with Crippen LogP contribution in [0, 0.1) is 6.92 Å². The van der Waals surface area contributed by atoms with E-state index >= 15 is 0 Å². The largest absolute Gasteiger partial charge is 0.492 e. The van der Waals surface area contributed by atoms with Crippen molar-refractivity contribution in [1.29, 1.82) is 0 Å². The van der Waals surface area contributed by atoms with Gasteiger partial charge in [0.05, 0.1) is 12.8 Å². The summed E-state index contributed by atoms with van der Waals surface area (Å²) in [5.74, 6) is 0.757. The van der Waals surface area contributed by atoms with E-state index in [0.29, 0.717) is 5.58 Å². The third-order valence-corrected chi connectivity index (χ3v) is 2.43. The second-order valence-corrected chi connectivity index (χ2v) is 3.40. The van der Waals surface area contributed by atoms with Crippen molar-refractivity contribution in [2.75, 3.05) is 7.11 Å². The quantitative estimate of drug-likeness (QED) is 0.719. The van der Waals surface area contributed by atoms with Crippen LogP contribution in [0.5, 0.6) is 5.75 Å². The molecule has 2 aromatic rings. The summed E-state index contributed by atoms with van der Waals surface area (Å²) in [5.41, 5.74) is 2.67. The van der Waals surface area contributed by atoms with Crippen LogP contribution in [0.25, 0.3) is 11.0 Å².